The van der Waals surface area contributed by atoms with Crippen molar-refractivity contribution in [3.05, 3.63) is 53.6 Å². The maximum Gasteiger partial charge on any atom is 0.295 e. The molecule has 2 aromatic rings. The fourth-order valence-corrected chi connectivity index (χ4v) is 2.65. The molecule has 116 valence electrons. The van der Waals surface area contributed by atoms with Crippen molar-refractivity contribution in [2.75, 3.05) is 14.2 Å². The molecule has 5 nitrogen and oxygen atoms in total. The monoisotopic (exact) mass is 320 g/mol. The molecule has 2 rings (SSSR count). The summed E-state index contributed by atoms with van der Waals surface area (Å²) < 4.78 is 42.3. The SMILES string of the molecule is COc1cc(/C=C/c2ccccc2S(=O)(=O)O)cc(OC)c1. The van der Waals surface area contributed by atoms with E-state index < -0.39 is 10.1 Å². The highest BCUT2D eigenvalue weighted by Gasteiger charge is 2.12. The van der Waals surface area contributed by atoms with Crippen LogP contribution in [-0.4, -0.2) is 27.2 Å². The highest BCUT2D eigenvalue weighted by atomic mass is 32.2. The molecule has 0 aliphatic heterocycles. The highest BCUT2D eigenvalue weighted by Crippen LogP contribution is 2.24. The van der Waals surface area contributed by atoms with Gasteiger partial charge in [-0.25, -0.2) is 0 Å². The van der Waals surface area contributed by atoms with Gasteiger partial charge in [0.2, 0.25) is 0 Å². The molecular weight excluding hydrogens is 304 g/mol. The number of benzene rings is 2. The summed E-state index contributed by atoms with van der Waals surface area (Å²) in [5.74, 6) is 1.25. The Morgan fingerprint density at radius 1 is 0.955 bits per heavy atom. The van der Waals surface area contributed by atoms with Crippen LogP contribution >= 0.6 is 0 Å². The molecule has 0 saturated heterocycles. The Morgan fingerprint density at radius 2 is 1.55 bits per heavy atom. The van der Waals surface area contributed by atoms with Crippen LogP contribution in [-0.2, 0) is 10.1 Å². The molecule has 0 aliphatic carbocycles. The van der Waals surface area contributed by atoms with Crippen molar-refractivity contribution in [3.63, 3.8) is 0 Å². The van der Waals surface area contributed by atoms with Gasteiger partial charge in [0.05, 0.1) is 14.2 Å². The van der Waals surface area contributed by atoms with Crippen LogP contribution in [0.2, 0.25) is 0 Å². The molecule has 6 heteroatoms. The van der Waals surface area contributed by atoms with Crippen LogP contribution in [0.15, 0.2) is 47.4 Å². The summed E-state index contributed by atoms with van der Waals surface area (Å²) in [6, 6.07) is 11.5. The topological polar surface area (TPSA) is 72.8 Å². The second-order valence-electron chi connectivity index (χ2n) is 4.49. The second kappa shape index (κ2) is 6.64. The molecule has 0 atom stereocenters. The number of rotatable bonds is 5. The normalized spacial score (nSPS) is 11.6. The molecule has 2 aromatic carbocycles. The Hall–Kier alpha value is -2.31. The van der Waals surface area contributed by atoms with E-state index in [0.717, 1.165) is 5.56 Å². The maximum atomic E-state index is 11.3. The van der Waals surface area contributed by atoms with Crippen LogP contribution < -0.4 is 9.47 Å². The lowest BCUT2D eigenvalue weighted by molar-refractivity contribution is 0.394. The number of hydrogen-bond acceptors (Lipinski definition) is 4. The summed E-state index contributed by atoms with van der Waals surface area (Å²) in [5, 5.41) is 0. The summed E-state index contributed by atoms with van der Waals surface area (Å²) in [5.41, 5.74) is 1.17. The van der Waals surface area contributed by atoms with Gasteiger partial charge in [0.1, 0.15) is 16.4 Å². The van der Waals surface area contributed by atoms with E-state index >= 15 is 0 Å². The van der Waals surface area contributed by atoms with E-state index in [1.165, 1.54) is 6.07 Å². The van der Waals surface area contributed by atoms with Gasteiger partial charge in [-0.3, -0.25) is 4.55 Å². The van der Waals surface area contributed by atoms with Crippen molar-refractivity contribution in [2.45, 2.75) is 4.90 Å². The summed E-state index contributed by atoms with van der Waals surface area (Å²) in [4.78, 5) is -0.138. The van der Waals surface area contributed by atoms with E-state index in [4.69, 9.17) is 9.47 Å². The van der Waals surface area contributed by atoms with Crippen molar-refractivity contribution in [1.29, 1.82) is 0 Å². The fourth-order valence-electron chi connectivity index (χ4n) is 1.96. The third-order valence-corrected chi connectivity index (χ3v) is 3.95. The summed E-state index contributed by atoms with van der Waals surface area (Å²) in [7, 11) is -1.16. The van der Waals surface area contributed by atoms with E-state index in [1.807, 2.05) is 0 Å². The first-order valence-electron chi connectivity index (χ1n) is 6.41. The molecule has 1 N–H and O–H groups in total. The smallest absolute Gasteiger partial charge is 0.295 e. The first kappa shape index (κ1) is 16.1. The van der Waals surface area contributed by atoms with Crippen LogP contribution in [0, 0.1) is 0 Å². The molecule has 0 fully saturated rings. The van der Waals surface area contributed by atoms with Gasteiger partial charge in [-0.05, 0) is 29.3 Å². The van der Waals surface area contributed by atoms with Gasteiger partial charge in [0, 0.05) is 6.07 Å². The zero-order valence-electron chi connectivity index (χ0n) is 12.2. The third-order valence-electron chi connectivity index (χ3n) is 3.03. The lowest BCUT2D eigenvalue weighted by Gasteiger charge is -2.06. The first-order valence-corrected chi connectivity index (χ1v) is 7.85. The van der Waals surface area contributed by atoms with Crippen molar-refractivity contribution in [3.8, 4) is 11.5 Å². The zero-order valence-corrected chi connectivity index (χ0v) is 13.0. The average Bonchev–Trinajstić information content (AvgIpc) is 2.52. The van der Waals surface area contributed by atoms with E-state index in [9.17, 15) is 13.0 Å². The Morgan fingerprint density at radius 3 is 2.09 bits per heavy atom. The van der Waals surface area contributed by atoms with Gasteiger partial charge in [0.15, 0.2) is 0 Å². The Balaban J connectivity index is 2.42. The highest BCUT2D eigenvalue weighted by molar-refractivity contribution is 7.85. The summed E-state index contributed by atoms with van der Waals surface area (Å²) in [6.45, 7) is 0. The minimum atomic E-state index is -4.26. The minimum absolute atomic E-state index is 0.138. The van der Waals surface area contributed by atoms with Crippen LogP contribution in [0.4, 0.5) is 0 Å². The van der Waals surface area contributed by atoms with Gasteiger partial charge < -0.3 is 9.47 Å². The molecular formula is C16H16O5S. The van der Waals surface area contributed by atoms with E-state index in [1.54, 1.807) is 62.8 Å². The van der Waals surface area contributed by atoms with Gasteiger partial charge in [-0.1, -0.05) is 30.4 Å². The standard InChI is InChI=1S/C16H16O5S/c1-20-14-9-12(10-15(11-14)21-2)7-8-13-5-3-4-6-16(13)22(17,18)19/h3-11H,1-2H3,(H,17,18,19)/b8-7+. The maximum absolute atomic E-state index is 11.3. The van der Waals surface area contributed by atoms with Gasteiger partial charge in [0.25, 0.3) is 10.1 Å². The molecule has 22 heavy (non-hydrogen) atoms. The van der Waals surface area contributed by atoms with Gasteiger partial charge >= 0.3 is 0 Å². The average molecular weight is 320 g/mol. The first-order chi connectivity index (χ1) is 10.4. The number of hydrogen-bond donors (Lipinski definition) is 1. The van der Waals surface area contributed by atoms with Crippen molar-refractivity contribution in [1.82, 2.24) is 0 Å². The zero-order chi connectivity index (χ0) is 16.2. The Kier molecular flexibility index (Phi) is 4.85. The molecule has 0 spiro atoms. The number of ether oxygens (including phenoxy) is 2. The van der Waals surface area contributed by atoms with Crippen LogP contribution in [0.5, 0.6) is 11.5 Å². The molecule has 0 amide bonds. The predicted octanol–water partition coefficient (Wildman–Crippen LogP) is 3.12. The quantitative estimate of drug-likeness (QED) is 0.677. The van der Waals surface area contributed by atoms with Crippen molar-refractivity contribution >= 4 is 22.3 Å². The Bertz CT molecular complexity index is 772. The molecule has 0 aliphatic rings. The molecule has 0 radical (unpaired) electrons. The molecule has 0 aromatic heterocycles. The molecule has 0 unspecified atom stereocenters. The molecule has 0 bridgehead atoms. The lowest BCUT2D eigenvalue weighted by Crippen LogP contribution is -2.00. The molecule has 0 heterocycles. The summed E-state index contributed by atoms with van der Waals surface area (Å²) in [6.07, 6.45) is 3.33. The third kappa shape index (κ3) is 3.87. The summed E-state index contributed by atoms with van der Waals surface area (Å²) >= 11 is 0. The lowest BCUT2D eigenvalue weighted by atomic mass is 10.1. The van der Waals surface area contributed by atoms with Gasteiger partial charge in [-0.2, -0.15) is 8.42 Å². The largest absolute Gasteiger partial charge is 0.497 e. The van der Waals surface area contributed by atoms with E-state index in [0.29, 0.717) is 17.1 Å². The van der Waals surface area contributed by atoms with E-state index in [-0.39, 0.29) is 4.90 Å². The van der Waals surface area contributed by atoms with Gasteiger partial charge in [-0.15, -0.1) is 0 Å². The van der Waals surface area contributed by atoms with Crippen LogP contribution in [0.3, 0.4) is 0 Å². The second-order valence-corrected chi connectivity index (χ2v) is 5.88. The predicted molar refractivity (Wildman–Crippen MR) is 84.7 cm³/mol. The fraction of sp³-hybridized carbons (Fsp3) is 0.125. The van der Waals surface area contributed by atoms with Crippen molar-refractivity contribution in [2.24, 2.45) is 0 Å². The molecule has 0 saturated carbocycles. The minimum Gasteiger partial charge on any atom is -0.497 e. The Labute approximate surface area is 129 Å². The van der Waals surface area contributed by atoms with Crippen LogP contribution in [0.25, 0.3) is 12.2 Å². The number of methoxy groups -OCH3 is 2. The van der Waals surface area contributed by atoms with E-state index in [2.05, 4.69) is 0 Å². The van der Waals surface area contributed by atoms with Crippen molar-refractivity contribution < 1.29 is 22.4 Å². The van der Waals surface area contributed by atoms with Crippen LogP contribution in [0.1, 0.15) is 11.1 Å².